The van der Waals surface area contributed by atoms with Crippen molar-refractivity contribution in [2.45, 2.75) is 33.9 Å². The molecule has 1 amide bonds. The van der Waals surface area contributed by atoms with Crippen LogP contribution in [0.3, 0.4) is 0 Å². The first-order chi connectivity index (χ1) is 14.9. The molecule has 2 heterocycles. The predicted octanol–water partition coefficient (Wildman–Crippen LogP) is 5.12. The molecule has 4 rings (SSSR count). The molecule has 0 radical (unpaired) electrons. The van der Waals surface area contributed by atoms with E-state index in [1.54, 1.807) is 6.20 Å². The van der Waals surface area contributed by atoms with Crippen molar-refractivity contribution in [1.29, 1.82) is 0 Å². The molecule has 0 unspecified atom stereocenters. The minimum atomic E-state index is -0.157. The van der Waals surface area contributed by atoms with Gasteiger partial charge in [-0.15, -0.1) is 0 Å². The number of benzene rings is 2. The van der Waals surface area contributed by atoms with Gasteiger partial charge in [0.25, 0.3) is 5.91 Å². The number of aromatic nitrogens is 4. The van der Waals surface area contributed by atoms with Crippen molar-refractivity contribution < 1.29 is 4.79 Å². The third-order valence-corrected chi connectivity index (χ3v) is 6.47. The fourth-order valence-corrected chi connectivity index (χ4v) is 3.73. The van der Waals surface area contributed by atoms with Crippen molar-refractivity contribution in [3.8, 4) is 0 Å². The van der Waals surface area contributed by atoms with Crippen molar-refractivity contribution >= 4 is 27.5 Å². The monoisotopic (exact) mass is 477 g/mol. The van der Waals surface area contributed by atoms with Gasteiger partial charge in [0.15, 0.2) is 0 Å². The summed E-state index contributed by atoms with van der Waals surface area (Å²) in [6, 6.07) is 15.8. The van der Waals surface area contributed by atoms with Gasteiger partial charge in [-0.3, -0.25) is 14.2 Å². The zero-order valence-electron chi connectivity index (χ0n) is 17.8. The number of halogens is 1. The van der Waals surface area contributed by atoms with Gasteiger partial charge in [0.1, 0.15) is 0 Å². The number of hydrogen-bond acceptors (Lipinski definition) is 3. The molecular weight excluding hydrogens is 454 g/mol. The molecule has 6 nitrogen and oxygen atoms in total. The van der Waals surface area contributed by atoms with E-state index in [9.17, 15) is 4.79 Å². The molecule has 0 saturated carbocycles. The maximum atomic E-state index is 12.6. The third-order valence-electron chi connectivity index (χ3n) is 5.33. The van der Waals surface area contributed by atoms with Gasteiger partial charge in [0.2, 0.25) is 0 Å². The lowest BCUT2D eigenvalue weighted by molar-refractivity contribution is 0.102. The molecule has 0 bridgehead atoms. The Labute approximate surface area is 190 Å². The number of nitrogens with one attached hydrogen (secondary N) is 1. The first kappa shape index (κ1) is 21.1. The van der Waals surface area contributed by atoms with Gasteiger partial charge in [-0.25, -0.2) is 0 Å². The molecule has 0 atom stereocenters. The molecule has 2 aromatic carbocycles. The average molecular weight is 478 g/mol. The lowest BCUT2D eigenvalue weighted by Gasteiger charge is -2.07. The summed E-state index contributed by atoms with van der Waals surface area (Å²) in [6.07, 6.45) is 3.52. The standard InChI is InChI=1S/C24H24BrN5O/c1-16-6-4-5-7-21(16)14-29-15-22(12-26-29)27-24(31)20-10-8-19(9-11-20)13-30-18(3)23(25)17(2)28-30/h4-12,15H,13-14H2,1-3H3,(H,27,31). The molecule has 4 aromatic rings. The van der Waals surface area contributed by atoms with E-state index in [-0.39, 0.29) is 5.91 Å². The van der Waals surface area contributed by atoms with Gasteiger partial charge in [-0.1, -0.05) is 36.4 Å². The van der Waals surface area contributed by atoms with Crippen molar-refractivity contribution in [1.82, 2.24) is 19.6 Å². The van der Waals surface area contributed by atoms with Crippen LogP contribution in [0.2, 0.25) is 0 Å². The fraction of sp³-hybridized carbons (Fsp3) is 0.208. The van der Waals surface area contributed by atoms with Crippen LogP contribution in [0.5, 0.6) is 0 Å². The van der Waals surface area contributed by atoms with Gasteiger partial charge in [-0.2, -0.15) is 10.2 Å². The van der Waals surface area contributed by atoms with E-state index in [0.29, 0.717) is 24.3 Å². The molecule has 2 aromatic heterocycles. The van der Waals surface area contributed by atoms with Gasteiger partial charge in [0.05, 0.1) is 40.8 Å². The minimum Gasteiger partial charge on any atom is -0.319 e. The normalized spacial score (nSPS) is 11.0. The Bertz CT molecular complexity index is 1220. The Morgan fingerprint density at radius 1 is 1.03 bits per heavy atom. The van der Waals surface area contributed by atoms with Crippen LogP contribution in [0.4, 0.5) is 5.69 Å². The number of amides is 1. The summed E-state index contributed by atoms with van der Waals surface area (Å²) in [7, 11) is 0. The van der Waals surface area contributed by atoms with E-state index in [4.69, 9.17) is 0 Å². The summed E-state index contributed by atoms with van der Waals surface area (Å²) in [5.74, 6) is -0.157. The van der Waals surface area contributed by atoms with Crippen LogP contribution in [0, 0.1) is 20.8 Å². The second-order valence-electron chi connectivity index (χ2n) is 7.65. The summed E-state index contributed by atoms with van der Waals surface area (Å²) in [6.45, 7) is 7.42. The summed E-state index contributed by atoms with van der Waals surface area (Å²) in [5, 5.41) is 11.8. The zero-order valence-corrected chi connectivity index (χ0v) is 19.3. The zero-order chi connectivity index (χ0) is 22.0. The molecule has 1 N–H and O–H groups in total. The molecule has 0 saturated heterocycles. The number of nitrogens with zero attached hydrogens (tertiary/aromatic N) is 4. The molecule has 0 aliphatic heterocycles. The fourth-order valence-electron chi connectivity index (χ4n) is 3.44. The van der Waals surface area contributed by atoms with Crippen LogP contribution < -0.4 is 5.32 Å². The van der Waals surface area contributed by atoms with Crippen LogP contribution in [-0.2, 0) is 13.1 Å². The summed E-state index contributed by atoms with van der Waals surface area (Å²) >= 11 is 3.56. The van der Waals surface area contributed by atoms with Gasteiger partial charge < -0.3 is 5.32 Å². The molecule has 0 fully saturated rings. The molecule has 31 heavy (non-hydrogen) atoms. The number of carbonyl (C=O) groups excluding carboxylic acids is 1. The maximum Gasteiger partial charge on any atom is 0.255 e. The third kappa shape index (κ3) is 4.77. The maximum absolute atomic E-state index is 12.6. The summed E-state index contributed by atoms with van der Waals surface area (Å²) in [4.78, 5) is 12.6. The number of aryl methyl sites for hydroxylation is 2. The Morgan fingerprint density at radius 3 is 2.45 bits per heavy atom. The van der Waals surface area contributed by atoms with Crippen LogP contribution in [0.15, 0.2) is 65.4 Å². The lowest BCUT2D eigenvalue weighted by atomic mass is 10.1. The predicted molar refractivity (Wildman–Crippen MR) is 125 cm³/mol. The topological polar surface area (TPSA) is 64.7 Å². The number of carbonyl (C=O) groups is 1. The molecule has 0 aliphatic carbocycles. The minimum absolute atomic E-state index is 0.157. The quantitative estimate of drug-likeness (QED) is 0.419. The van der Waals surface area contributed by atoms with Crippen LogP contribution in [0.25, 0.3) is 0 Å². The first-order valence-electron chi connectivity index (χ1n) is 10.1. The van der Waals surface area contributed by atoms with Crippen LogP contribution in [-0.4, -0.2) is 25.5 Å². The number of rotatable bonds is 6. The van der Waals surface area contributed by atoms with E-state index >= 15 is 0 Å². The number of anilines is 1. The van der Waals surface area contributed by atoms with E-state index < -0.39 is 0 Å². The van der Waals surface area contributed by atoms with Crippen molar-refractivity contribution in [3.05, 3.63) is 99.0 Å². The van der Waals surface area contributed by atoms with Gasteiger partial charge in [0, 0.05) is 11.8 Å². The summed E-state index contributed by atoms with van der Waals surface area (Å²) in [5.41, 5.74) is 6.84. The summed E-state index contributed by atoms with van der Waals surface area (Å²) < 4.78 is 4.82. The van der Waals surface area contributed by atoms with E-state index in [1.807, 2.05) is 65.8 Å². The Morgan fingerprint density at radius 2 is 1.77 bits per heavy atom. The van der Waals surface area contributed by atoms with Gasteiger partial charge in [-0.05, 0) is 65.5 Å². The Balaban J connectivity index is 1.39. The highest BCUT2D eigenvalue weighted by atomic mass is 79.9. The smallest absolute Gasteiger partial charge is 0.255 e. The molecular formula is C24H24BrN5O. The van der Waals surface area contributed by atoms with Crippen molar-refractivity contribution in [2.75, 3.05) is 5.32 Å². The molecule has 7 heteroatoms. The second kappa shape index (κ2) is 8.89. The number of hydrogen-bond donors (Lipinski definition) is 1. The van der Waals surface area contributed by atoms with Crippen molar-refractivity contribution in [2.24, 2.45) is 0 Å². The average Bonchev–Trinajstić information content (AvgIpc) is 3.29. The molecule has 0 aliphatic rings. The van der Waals surface area contributed by atoms with Crippen LogP contribution >= 0.6 is 15.9 Å². The van der Waals surface area contributed by atoms with E-state index in [2.05, 4.69) is 50.5 Å². The Hall–Kier alpha value is -3.19. The van der Waals surface area contributed by atoms with E-state index in [1.165, 1.54) is 11.1 Å². The van der Waals surface area contributed by atoms with Crippen molar-refractivity contribution in [3.63, 3.8) is 0 Å². The highest BCUT2D eigenvalue weighted by molar-refractivity contribution is 9.10. The molecule has 0 spiro atoms. The lowest BCUT2D eigenvalue weighted by Crippen LogP contribution is -2.12. The largest absolute Gasteiger partial charge is 0.319 e. The highest BCUT2D eigenvalue weighted by Gasteiger charge is 2.11. The highest BCUT2D eigenvalue weighted by Crippen LogP contribution is 2.21. The second-order valence-corrected chi connectivity index (χ2v) is 8.44. The Kier molecular flexibility index (Phi) is 6.04. The molecule has 158 valence electrons. The van der Waals surface area contributed by atoms with E-state index in [0.717, 1.165) is 21.4 Å². The SMILES string of the molecule is Cc1ccccc1Cn1cc(NC(=O)c2ccc(Cn3nc(C)c(Br)c3C)cc2)cn1. The van der Waals surface area contributed by atoms with Gasteiger partial charge >= 0.3 is 0 Å². The van der Waals surface area contributed by atoms with Crippen LogP contribution in [0.1, 0.15) is 38.4 Å². The first-order valence-corrected chi connectivity index (χ1v) is 10.9.